The summed E-state index contributed by atoms with van der Waals surface area (Å²) in [5, 5.41) is 12.1. The van der Waals surface area contributed by atoms with Gasteiger partial charge in [-0.05, 0) is 30.7 Å². The molecular formula is C19H15Cl2N3O3. The molecule has 0 aliphatic carbocycles. The molecule has 8 heteroatoms. The van der Waals surface area contributed by atoms with Gasteiger partial charge in [0.15, 0.2) is 0 Å². The number of aromatic nitrogens is 1. The number of hydrogen-bond donors (Lipinski definition) is 1. The third-order valence-corrected chi connectivity index (χ3v) is 4.92. The van der Waals surface area contributed by atoms with E-state index in [-0.39, 0.29) is 5.69 Å². The van der Waals surface area contributed by atoms with Crippen molar-refractivity contribution >= 4 is 34.8 Å². The van der Waals surface area contributed by atoms with Crippen molar-refractivity contribution in [2.75, 3.05) is 0 Å². The number of nitro benzene ring substituents is 1. The van der Waals surface area contributed by atoms with Crippen molar-refractivity contribution in [1.82, 2.24) is 4.57 Å². The van der Waals surface area contributed by atoms with Gasteiger partial charge in [0, 0.05) is 45.7 Å². The predicted octanol–water partition coefficient (Wildman–Crippen LogP) is 4.83. The highest BCUT2D eigenvalue weighted by atomic mass is 35.5. The van der Waals surface area contributed by atoms with Crippen molar-refractivity contribution in [2.45, 2.75) is 13.5 Å². The molecule has 138 valence electrons. The third kappa shape index (κ3) is 3.82. The second-order valence-electron chi connectivity index (χ2n) is 6.02. The summed E-state index contributed by atoms with van der Waals surface area (Å²) in [7, 11) is 0. The van der Waals surface area contributed by atoms with Crippen LogP contribution >= 0.6 is 23.2 Å². The number of nitrogens with two attached hydrogens (primary N) is 1. The fourth-order valence-electron chi connectivity index (χ4n) is 2.94. The topological polar surface area (TPSA) is 91.2 Å². The zero-order valence-corrected chi connectivity index (χ0v) is 15.8. The van der Waals surface area contributed by atoms with E-state index in [1.165, 1.54) is 12.1 Å². The van der Waals surface area contributed by atoms with Gasteiger partial charge in [-0.15, -0.1) is 0 Å². The number of carbonyl (C=O) groups excluding carboxylic acids is 1. The molecule has 1 aromatic heterocycles. The molecular weight excluding hydrogens is 389 g/mol. The van der Waals surface area contributed by atoms with Crippen LogP contribution in [0.15, 0.2) is 48.5 Å². The molecule has 6 nitrogen and oxygen atoms in total. The standard InChI is InChI=1S/C19H15Cl2N3O3/c1-11-16(19(22)25)9-18(12-3-2-4-15(7-12)24(26)27)23(11)10-13-5-6-14(20)8-17(13)21/h2-9H,10H2,1H3,(H2,22,25). The van der Waals surface area contributed by atoms with Crippen LogP contribution < -0.4 is 5.73 Å². The lowest BCUT2D eigenvalue weighted by molar-refractivity contribution is -0.384. The summed E-state index contributed by atoms with van der Waals surface area (Å²) in [5.74, 6) is -0.569. The Bertz CT molecular complexity index is 1060. The first-order valence-corrected chi connectivity index (χ1v) is 8.72. The Balaban J connectivity index is 2.16. The molecule has 0 aliphatic heterocycles. The number of nitrogens with zero attached hydrogens (tertiary/aromatic N) is 2. The minimum absolute atomic E-state index is 0.0388. The van der Waals surface area contributed by atoms with Crippen LogP contribution in [0.1, 0.15) is 21.6 Å². The van der Waals surface area contributed by atoms with Crippen molar-refractivity contribution < 1.29 is 9.72 Å². The fourth-order valence-corrected chi connectivity index (χ4v) is 3.40. The smallest absolute Gasteiger partial charge is 0.270 e. The Morgan fingerprint density at radius 3 is 2.56 bits per heavy atom. The maximum absolute atomic E-state index is 11.8. The number of amides is 1. The van der Waals surface area contributed by atoms with Crippen molar-refractivity contribution in [2.24, 2.45) is 5.73 Å². The molecule has 0 aliphatic rings. The molecule has 0 fully saturated rings. The van der Waals surface area contributed by atoms with Crippen molar-refractivity contribution in [3.63, 3.8) is 0 Å². The van der Waals surface area contributed by atoms with E-state index in [2.05, 4.69) is 0 Å². The van der Waals surface area contributed by atoms with Crippen LogP contribution in [-0.2, 0) is 6.54 Å². The minimum atomic E-state index is -0.569. The van der Waals surface area contributed by atoms with Crippen LogP contribution in [0.2, 0.25) is 10.0 Å². The highest BCUT2D eigenvalue weighted by Crippen LogP contribution is 2.31. The summed E-state index contributed by atoms with van der Waals surface area (Å²) >= 11 is 12.2. The Morgan fingerprint density at radius 2 is 1.93 bits per heavy atom. The van der Waals surface area contributed by atoms with Gasteiger partial charge in [-0.3, -0.25) is 14.9 Å². The van der Waals surface area contributed by atoms with Crippen LogP contribution in [0.5, 0.6) is 0 Å². The highest BCUT2D eigenvalue weighted by molar-refractivity contribution is 6.35. The van der Waals surface area contributed by atoms with Gasteiger partial charge < -0.3 is 10.3 Å². The van der Waals surface area contributed by atoms with Gasteiger partial charge in [0.1, 0.15) is 0 Å². The minimum Gasteiger partial charge on any atom is -0.366 e. The summed E-state index contributed by atoms with van der Waals surface area (Å²) in [6.07, 6.45) is 0. The zero-order valence-electron chi connectivity index (χ0n) is 14.3. The molecule has 0 unspecified atom stereocenters. The molecule has 1 heterocycles. The van der Waals surface area contributed by atoms with Gasteiger partial charge >= 0.3 is 0 Å². The van der Waals surface area contributed by atoms with Gasteiger partial charge in [-0.25, -0.2) is 0 Å². The molecule has 2 aromatic carbocycles. The van der Waals surface area contributed by atoms with Crippen molar-refractivity contribution in [3.05, 3.63) is 85.5 Å². The third-order valence-electron chi connectivity index (χ3n) is 4.33. The van der Waals surface area contributed by atoms with E-state index in [4.69, 9.17) is 28.9 Å². The Morgan fingerprint density at radius 1 is 1.19 bits per heavy atom. The van der Waals surface area contributed by atoms with Crippen LogP contribution in [-0.4, -0.2) is 15.4 Å². The first-order valence-electron chi connectivity index (χ1n) is 7.96. The molecule has 0 bridgehead atoms. The monoisotopic (exact) mass is 403 g/mol. The summed E-state index contributed by atoms with van der Waals surface area (Å²) in [6, 6.07) is 13.0. The first kappa shape index (κ1) is 18.9. The van der Waals surface area contributed by atoms with Crippen LogP contribution in [0, 0.1) is 17.0 Å². The maximum atomic E-state index is 11.8. The van der Waals surface area contributed by atoms with Gasteiger partial charge in [-0.1, -0.05) is 41.4 Å². The van der Waals surface area contributed by atoms with Gasteiger partial charge in [0.25, 0.3) is 11.6 Å². The lowest BCUT2D eigenvalue weighted by Crippen LogP contribution is -2.12. The summed E-state index contributed by atoms with van der Waals surface area (Å²) in [6.45, 7) is 2.12. The molecule has 0 radical (unpaired) electrons. The normalized spacial score (nSPS) is 10.8. The molecule has 0 saturated heterocycles. The average molecular weight is 404 g/mol. The molecule has 2 N–H and O–H groups in total. The molecule has 1 amide bonds. The molecule has 3 aromatic rings. The second-order valence-corrected chi connectivity index (χ2v) is 6.87. The number of carbonyl (C=O) groups is 1. The quantitative estimate of drug-likeness (QED) is 0.488. The van der Waals surface area contributed by atoms with Crippen LogP contribution in [0.25, 0.3) is 11.3 Å². The first-order chi connectivity index (χ1) is 12.8. The molecule has 27 heavy (non-hydrogen) atoms. The lowest BCUT2D eigenvalue weighted by atomic mass is 10.1. The van der Waals surface area contributed by atoms with Gasteiger partial charge in [0.2, 0.25) is 0 Å². The number of hydrogen-bond acceptors (Lipinski definition) is 3. The van der Waals surface area contributed by atoms with E-state index in [1.54, 1.807) is 43.3 Å². The Kier molecular flexibility index (Phi) is 5.21. The maximum Gasteiger partial charge on any atom is 0.270 e. The van der Waals surface area contributed by atoms with E-state index in [0.29, 0.717) is 39.1 Å². The van der Waals surface area contributed by atoms with Crippen molar-refractivity contribution in [1.29, 1.82) is 0 Å². The average Bonchev–Trinajstić information content (AvgIpc) is 2.94. The van der Waals surface area contributed by atoms with E-state index in [9.17, 15) is 14.9 Å². The molecule has 3 rings (SSSR count). The summed E-state index contributed by atoms with van der Waals surface area (Å²) in [5.41, 5.74) is 8.48. The van der Waals surface area contributed by atoms with Crippen LogP contribution in [0.4, 0.5) is 5.69 Å². The van der Waals surface area contributed by atoms with Crippen LogP contribution in [0.3, 0.4) is 0 Å². The predicted molar refractivity (Wildman–Crippen MR) is 105 cm³/mol. The van der Waals surface area contributed by atoms with Crippen molar-refractivity contribution in [3.8, 4) is 11.3 Å². The number of halogens is 2. The van der Waals surface area contributed by atoms with E-state index in [1.807, 2.05) is 4.57 Å². The number of nitro groups is 1. The Hall–Kier alpha value is -2.83. The molecule has 0 saturated carbocycles. The molecule has 0 atom stereocenters. The largest absolute Gasteiger partial charge is 0.366 e. The summed E-state index contributed by atoms with van der Waals surface area (Å²) in [4.78, 5) is 22.5. The number of rotatable bonds is 5. The van der Waals surface area contributed by atoms with Gasteiger partial charge in [-0.2, -0.15) is 0 Å². The fraction of sp³-hybridized carbons (Fsp3) is 0.105. The number of benzene rings is 2. The number of primary amides is 1. The number of non-ortho nitro benzene ring substituents is 1. The molecule has 0 spiro atoms. The highest BCUT2D eigenvalue weighted by Gasteiger charge is 2.19. The van der Waals surface area contributed by atoms with Gasteiger partial charge in [0.05, 0.1) is 10.5 Å². The zero-order chi connectivity index (χ0) is 19.7. The van der Waals surface area contributed by atoms with E-state index < -0.39 is 10.8 Å². The summed E-state index contributed by atoms with van der Waals surface area (Å²) < 4.78 is 1.86. The Labute approximate surface area is 165 Å². The second kappa shape index (κ2) is 7.42. The van der Waals surface area contributed by atoms with E-state index in [0.717, 1.165) is 5.56 Å². The SMILES string of the molecule is Cc1c(C(N)=O)cc(-c2cccc([N+](=O)[O-])c2)n1Cc1ccc(Cl)cc1Cl. The lowest BCUT2D eigenvalue weighted by Gasteiger charge is -2.13. The van der Waals surface area contributed by atoms with E-state index >= 15 is 0 Å².